The van der Waals surface area contributed by atoms with Gasteiger partial charge in [0.1, 0.15) is 6.54 Å². The Kier molecular flexibility index (Phi) is 4.06. The molecule has 3 rings (SSSR count). The van der Waals surface area contributed by atoms with Gasteiger partial charge in [-0.05, 0) is 12.8 Å². The van der Waals surface area contributed by atoms with E-state index in [0.29, 0.717) is 24.6 Å². The Hall–Kier alpha value is -2.38. The minimum atomic E-state index is -0.207. The molecule has 8 nitrogen and oxygen atoms in total. The van der Waals surface area contributed by atoms with E-state index in [1.807, 2.05) is 0 Å². The molecule has 2 fully saturated rings. The number of carbonyl (C=O) groups excluding carboxylic acids is 3. The Morgan fingerprint density at radius 2 is 2.09 bits per heavy atom. The van der Waals surface area contributed by atoms with Gasteiger partial charge >= 0.3 is 0 Å². The second kappa shape index (κ2) is 6.02. The summed E-state index contributed by atoms with van der Waals surface area (Å²) in [7, 11) is 3.34. The highest BCUT2D eigenvalue weighted by atomic mass is 16.2. The summed E-state index contributed by atoms with van der Waals surface area (Å²) in [6.07, 6.45) is 3.86. The molecule has 0 aromatic carbocycles. The lowest BCUT2D eigenvalue weighted by molar-refractivity contribution is -0.139. The van der Waals surface area contributed by atoms with E-state index in [1.54, 1.807) is 22.8 Å². The van der Waals surface area contributed by atoms with Crippen LogP contribution in [0.1, 0.15) is 34.8 Å². The molecule has 1 aliphatic heterocycles. The van der Waals surface area contributed by atoms with Crippen molar-refractivity contribution >= 4 is 17.7 Å². The van der Waals surface area contributed by atoms with E-state index in [-0.39, 0.29) is 30.8 Å². The smallest absolute Gasteiger partial charge is 0.257 e. The summed E-state index contributed by atoms with van der Waals surface area (Å²) in [5.74, 6) is -0.181. The monoisotopic (exact) mass is 319 g/mol. The fourth-order valence-electron chi connectivity index (χ4n) is 2.80. The van der Waals surface area contributed by atoms with Crippen LogP contribution in [0.25, 0.3) is 0 Å². The fourth-order valence-corrected chi connectivity index (χ4v) is 2.80. The summed E-state index contributed by atoms with van der Waals surface area (Å²) in [5.41, 5.74) is 1.44. The molecule has 23 heavy (non-hydrogen) atoms. The maximum Gasteiger partial charge on any atom is 0.257 e. The minimum absolute atomic E-state index is 0.00876. The minimum Gasteiger partial charge on any atom is -0.358 e. The number of hydrogen-bond donors (Lipinski definition) is 1. The first-order chi connectivity index (χ1) is 11.0. The third-order valence-corrected chi connectivity index (χ3v) is 4.27. The summed E-state index contributed by atoms with van der Waals surface area (Å²) in [4.78, 5) is 39.3. The average molecular weight is 319 g/mol. The molecule has 0 radical (unpaired) electrons. The molecule has 1 aromatic rings. The molecule has 1 N–H and O–H groups in total. The van der Waals surface area contributed by atoms with Crippen LogP contribution in [0.15, 0.2) is 6.20 Å². The molecule has 1 saturated carbocycles. The molecule has 0 bridgehead atoms. The van der Waals surface area contributed by atoms with Gasteiger partial charge in [-0.15, -0.1) is 0 Å². The van der Waals surface area contributed by atoms with E-state index in [1.165, 1.54) is 11.9 Å². The summed E-state index contributed by atoms with van der Waals surface area (Å²) >= 11 is 0. The van der Waals surface area contributed by atoms with Gasteiger partial charge in [-0.1, -0.05) is 0 Å². The van der Waals surface area contributed by atoms with Crippen LogP contribution in [-0.2, 0) is 16.6 Å². The Morgan fingerprint density at radius 3 is 2.70 bits per heavy atom. The van der Waals surface area contributed by atoms with Crippen LogP contribution in [0.3, 0.4) is 0 Å². The molecule has 0 unspecified atom stereocenters. The highest BCUT2D eigenvalue weighted by Gasteiger charge is 2.35. The SMILES string of the molecule is CNC(=O)CN1CCN(C(=O)c2cn(C)nc2C2CC2)CC1=O. The number of nitrogens with one attached hydrogen (secondary N) is 1. The first-order valence-electron chi connectivity index (χ1n) is 7.80. The maximum absolute atomic E-state index is 12.7. The molecule has 3 amide bonds. The van der Waals surface area contributed by atoms with Crippen LogP contribution in [0, 0.1) is 0 Å². The molecule has 2 heterocycles. The number of piperazine rings is 1. The zero-order chi connectivity index (χ0) is 16.6. The number of hydrogen-bond acceptors (Lipinski definition) is 4. The molecular weight excluding hydrogens is 298 g/mol. The second-order valence-electron chi connectivity index (χ2n) is 6.09. The highest BCUT2D eigenvalue weighted by Crippen LogP contribution is 2.40. The van der Waals surface area contributed by atoms with Gasteiger partial charge in [0.25, 0.3) is 5.91 Å². The summed E-state index contributed by atoms with van der Waals surface area (Å²) in [5, 5.41) is 6.89. The van der Waals surface area contributed by atoms with Crippen molar-refractivity contribution in [2.45, 2.75) is 18.8 Å². The topological polar surface area (TPSA) is 87.5 Å². The largest absolute Gasteiger partial charge is 0.358 e. The highest BCUT2D eigenvalue weighted by molar-refractivity contribution is 5.98. The zero-order valence-corrected chi connectivity index (χ0v) is 13.4. The number of aromatic nitrogens is 2. The number of aryl methyl sites for hydroxylation is 1. The van der Waals surface area contributed by atoms with E-state index < -0.39 is 0 Å². The van der Waals surface area contributed by atoms with Crippen molar-refractivity contribution in [1.82, 2.24) is 24.9 Å². The van der Waals surface area contributed by atoms with Crippen molar-refractivity contribution in [2.75, 3.05) is 33.2 Å². The second-order valence-corrected chi connectivity index (χ2v) is 6.09. The van der Waals surface area contributed by atoms with Crippen LogP contribution < -0.4 is 5.32 Å². The summed E-state index contributed by atoms with van der Waals surface area (Å²) in [6.45, 7) is 0.851. The third-order valence-electron chi connectivity index (χ3n) is 4.27. The van der Waals surface area contributed by atoms with Gasteiger partial charge < -0.3 is 15.1 Å². The number of nitrogens with zero attached hydrogens (tertiary/aromatic N) is 4. The predicted molar refractivity (Wildman–Crippen MR) is 81.7 cm³/mol. The van der Waals surface area contributed by atoms with Gasteiger partial charge in [0.05, 0.1) is 17.8 Å². The van der Waals surface area contributed by atoms with Gasteiger partial charge in [0.2, 0.25) is 11.8 Å². The predicted octanol–water partition coefficient (Wildman–Crippen LogP) is -0.672. The molecule has 124 valence electrons. The molecule has 1 aromatic heterocycles. The van der Waals surface area contributed by atoms with Crippen LogP contribution in [0.4, 0.5) is 0 Å². The van der Waals surface area contributed by atoms with Crippen LogP contribution in [0.5, 0.6) is 0 Å². The lowest BCUT2D eigenvalue weighted by atomic mass is 10.1. The first kappa shape index (κ1) is 15.5. The van der Waals surface area contributed by atoms with Gasteiger partial charge in [0, 0.05) is 39.3 Å². The maximum atomic E-state index is 12.7. The first-order valence-corrected chi connectivity index (χ1v) is 7.80. The van der Waals surface area contributed by atoms with Crippen molar-refractivity contribution in [3.05, 3.63) is 17.5 Å². The van der Waals surface area contributed by atoms with E-state index >= 15 is 0 Å². The lowest BCUT2D eigenvalue weighted by Crippen LogP contribution is -2.54. The molecular formula is C15H21N5O3. The molecule has 2 aliphatic rings. The van der Waals surface area contributed by atoms with E-state index in [2.05, 4.69) is 10.4 Å². The molecule has 1 saturated heterocycles. The fraction of sp³-hybridized carbons (Fsp3) is 0.600. The Morgan fingerprint density at radius 1 is 1.35 bits per heavy atom. The third kappa shape index (κ3) is 3.20. The average Bonchev–Trinajstić information content (AvgIpc) is 3.30. The van der Waals surface area contributed by atoms with Crippen molar-refractivity contribution in [2.24, 2.45) is 7.05 Å². The van der Waals surface area contributed by atoms with Crippen molar-refractivity contribution < 1.29 is 14.4 Å². The molecule has 0 spiro atoms. The Balaban J connectivity index is 1.68. The van der Waals surface area contributed by atoms with Crippen LogP contribution in [0.2, 0.25) is 0 Å². The van der Waals surface area contributed by atoms with Gasteiger partial charge in [0.15, 0.2) is 0 Å². The standard InChI is InChI=1S/C15H21N5O3/c1-16-12(21)8-19-5-6-20(9-13(19)22)15(23)11-7-18(2)17-14(11)10-3-4-10/h7,10H,3-6,8-9H2,1-2H3,(H,16,21). The summed E-state index contributed by atoms with van der Waals surface area (Å²) < 4.78 is 1.66. The van der Waals surface area contributed by atoms with Crippen molar-refractivity contribution in [1.29, 1.82) is 0 Å². The normalized spacial score (nSPS) is 18.3. The van der Waals surface area contributed by atoms with Gasteiger partial charge in [-0.2, -0.15) is 5.10 Å². The Bertz CT molecular complexity index is 650. The summed E-state index contributed by atoms with van der Waals surface area (Å²) in [6, 6.07) is 0. The van der Waals surface area contributed by atoms with Crippen molar-refractivity contribution in [3.63, 3.8) is 0 Å². The molecule has 1 aliphatic carbocycles. The van der Waals surface area contributed by atoms with Crippen molar-refractivity contribution in [3.8, 4) is 0 Å². The number of likely N-dealkylation sites (N-methyl/N-ethyl adjacent to an activating group) is 1. The Labute approximate surface area is 134 Å². The molecule has 0 atom stereocenters. The van der Waals surface area contributed by atoms with Gasteiger partial charge in [-0.25, -0.2) is 0 Å². The number of amides is 3. The van der Waals surface area contributed by atoms with E-state index in [0.717, 1.165) is 18.5 Å². The van der Waals surface area contributed by atoms with E-state index in [9.17, 15) is 14.4 Å². The lowest BCUT2D eigenvalue weighted by Gasteiger charge is -2.33. The number of rotatable bonds is 4. The van der Waals surface area contributed by atoms with Crippen LogP contribution in [-0.4, -0.2) is 70.5 Å². The van der Waals surface area contributed by atoms with Crippen LogP contribution >= 0.6 is 0 Å². The number of carbonyl (C=O) groups is 3. The zero-order valence-electron chi connectivity index (χ0n) is 13.4. The molecule has 8 heteroatoms. The van der Waals surface area contributed by atoms with E-state index in [4.69, 9.17) is 0 Å². The quantitative estimate of drug-likeness (QED) is 0.797. The van der Waals surface area contributed by atoms with Gasteiger partial charge in [-0.3, -0.25) is 19.1 Å².